The van der Waals surface area contributed by atoms with Gasteiger partial charge in [-0.1, -0.05) is 30.3 Å². The second-order valence-electron chi connectivity index (χ2n) is 7.03. The first-order valence-electron chi connectivity index (χ1n) is 8.78. The summed E-state index contributed by atoms with van der Waals surface area (Å²) in [7, 11) is 0. The van der Waals surface area contributed by atoms with Crippen LogP contribution in [0.25, 0.3) is 0 Å². The van der Waals surface area contributed by atoms with Crippen LogP contribution < -0.4 is 0 Å². The highest BCUT2D eigenvalue weighted by molar-refractivity contribution is 6.05. The van der Waals surface area contributed by atoms with Crippen LogP contribution in [0.4, 0.5) is 0 Å². The van der Waals surface area contributed by atoms with E-state index >= 15 is 0 Å². The van der Waals surface area contributed by atoms with Crippen LogP contribution in [0.5, 0.6) is 0 Å². The van der Waals surface area contributed by atoms with E-state index in [2.05, 4.69) is 0 Å². The Morgan fingerprint density at radius 2 is 1.96 bits per heavy atom. The molecule has 3 fully saturated rings. The van der Waals surface area contributed by atoms with Crippen LogP contribution in [-0.4, -0.2) is 46.2 Å². The SMILES string of the molecule is O=C1CC[C@]2(CC(=O)C3CC[C@@H](C(=O)OCc4ccccc4)N3C2=O)O1. The highest BCUT2D eigenvalue weighted by Crippen LogP contribution is 2.41. The van der Waals surface area contributed by atoms with Crippen molar-refractivity contribution in [3.8, 4) is 0 Å². The first kappa shape index (κ1) is 16.8. The van der Waals surface area contributed by atoms with Crippen molar-refractivity contribution in [1.82, 2.24) is 4.90 Å². The molecule has 7 nitrogen and oxygen atoms in total. The summed E-state index contributed by atoms with van der Waals surface area (Å²) in [4.78, 5) is 50.9. The first-order valence-corrected chi connectivity index (χ1v) is 8.78. The van der Waals surface area contributed by atoms with Crippen molar-refractivity contribution >= 4 is 23.6 Å². The van der Waals surface area contributed by atoms with E-state index < -0.39 is 35.5 Å². The van der Waals surface area contributed by atoms with Crippen LogP contribution in [-0.2, 0) is 35.3 Å². The Bertz CT molecular complexity index is 775. The van der Waals surface area contributed by atoms with E-state index in [-0.39, 0.29) is 31.7 Å². The molecule has 0 saturated carbocycles. The molecule has 3 saturated heterocycles. The van der Waals surface area contributed by atoms with Gasteiger partial charge >= 0.3 is 11.9 Å². The number of amides is 1. The number of carbonyl (C=O) groups is 4. The summed E-state index contributed by atoms with van der Waals surface area (Å²) in [6, 6.07) is 7.81. The third kappa shape index (κ3) is 2.67. The van der Waals surface area contributed by atoms with Gasteiger partial charge in [-0.05, 0) is 18.4 Å². The quantitative estimate of drug-likeness (QED) is 0.754. The van der Waals surface area contributed by atoms with E-state index in [1.807, 2.05) is 30.3 Å². The number of hydrogen-bond acceptors (Lipinski definition) is 6. The maximum absolute atomic E-state index is 13.0. The fraction of sp³-hybridized carbons (Fsp3) is 0.474. The molecule has 136 valence electrons. The molecular weight excluding hydrogens is 338 g/mol. The molecule has 0 aromatic heterocycles. The fourth-order valence-corrected chi connectivity index (χ4v) is 4.08. The van der Waals surface area contributed by atoms with Gasteiger partial charge < -0.3 is 14.4 Å². The summed E-state index contributed by atoms with van der Waals surface area (Å²) < 4.78 is 10.6. The summed E-state index contributed by atoms with van der Waals surface area (Å²) in [5.74, 6) is -1.60. The molecule has 3 aliphatic heterocycles. The standard InChI is InChI=1S/C19H19NO6/c21-15-10-19(9-8-16(22)26-19)18(24)20-13(15)6-7-14(20)17(23)25-11-12-4-2-1-3-5-12/h1-5,13-14H,6-11H2/t13?,14-,19+/m0/s1. The fourth-order valence-electron chi connectivity index (χ4n) is 4.08. The van der Waals surface area contributed by atoms with E-state index in [0.717, 1.165) is 5.56 Å². The molecule has 1 spiro atoms. The molecule has 3 heterocycles. The summed E-state index contributed by atoms with van der Waals surface area (Å²) in [5.41, 5.74) is -0.579. The lowest BCUT2D eigenvalue weighted by atomic mass is 9.85. The van der Waals surface area contributed by atoms with Crippen molar-refractivity contribution in [3.05, 3.63) is 35.9 Å². The number of carbonyl (C=O) groups excluding carboxylic acids is 4. The Morgan fingerprint density at radius 3 is 2.65 bits per heavy atom. The van der Waals surface area contributed by atoms with Gasteiger partial charge in [0.2, 0.25) is 0 Å². The summed E-state index contributed by atoms with van der Waals surface area (Å²) >= 11 is 0. The number of piperidine rings is 1. The highest BCUT2D eigenvalue weighted by Gasteiger charge is 2.60. The van der Waals surface area contributed by atoms with Crippen LogP contribution in [0, 0.1) is 0 Å². The van der Waals surface area contributed by atoms with Gasteiger partial charge in [-0.3, -0.25) is 14.4 Å². The molecular formula is C19H19NO6. The molecule has 7 heteroatoms. The van der Waals surface area contributed by atoms with Crippen molar-refractivity contribution in [2.24, 2.45) is 0 Å². The number of ether oxygens (including phenoxy) is 2. The van der Waals surface area contributed by atoms with Crippen LogP contribution >= 0.6 is 0 Å². The lowest BCUT2D eigenvalue weighted by molar-refractivity contribution is -0.177. The molecule has 1 amide bonds. The molecule has 0 bridgehead atoms. The monoisotopic (exact) mass is 357 g/mol. The van der Waals surface area contributed by atoms with Crippen molar-refractivity contribution in [1.29, 1.82) is 0 Å². The van der Waals surface area contributed by atoms with Crippen LogP contribution in [0.2, 0.25) is 0 Å². The molecule has 1 aromatic rings. The van der Waals surface area contributed by atoms with Crippen molar-refractivity contribution < 1.29 is 28.7 Å². The van der Waals surface area contributed by atoms with Crippen molar-refractivity contribution in [3.63, 3.8) is 0 Å². The zero-order valence-electron chi connectivity index (χ0n) is 14.2. The van der Waals surface area contributed by atoms with Gasteiger partial charge in [-0.25, -0.2) is 4.79 Å². The molecule has 0 N–H and O–H groups in total. The van der Waals surface area contributed by atoms with Gasteiger partial charge in [0.1, 0.15) is 12.6 Å². The predicted molar refractivity (Wildman–Crippen MR) is 87.6 cm³/mol. The topological polar surface area (TPSA) is 90.0 Å². The van der Waals surface area contributed by atoms with Crippen LogP contribution in [0.15, 0.2) is 30.3 Å². The average molecular weight is 357 g/mol. The molecule has 0 radical (unpaired) electrons. The van der Waals surface area contributed by atoms with E-state index in [0.29, 0.717) is 12.8 Å². The third-order valence-corrected chi connectivity index (χ3v) is 5.38. The minimum atomic E-state index is -1.42. The number of fused-ring (bicyclic) bond motifs is 1. The summed E-state index contributed by atoms with van der Waals surface area (Å²) in [6.07, 6.45) is 1.01. The van der Waals surface area contributed by atoms with Crippen molar-refractivity contribution in [2.45, 2.75) is 56.4 Å². The molecule has 1 unspecified atom stereocenters. The van der Waals surface area contributed by atoms with E-state index in [9.17, 15) is 19.2 Å². The molecule has 4 rings (SSSR count). The van der Waals surface area contributed by atoms with Gasteiger partial charge in [0.05, 0.1) is 12.5 Å². The largest absolute Gasteiger partial charge is 0.459 e. The second kappa shape index (κ2) is 6.23. The number of Topliss-reactive ketones (excluding diaryl/α,β-unsaturated/α-hetero) is 1. The van der Waals surface area contributed by atoms with Crippen molar-refractivity contribution in [2.75, 3.05) is 0 Å². The number of benzene rings is 1. The zero-order valence-corrected chi connectivity index (χ0v) is 14.2. The van der Waals surface area contributed by atoms with Gasteiger partial charge in [-0.2, -0.15) is 0 Å². The van der Waals surface area contributed by atoms with Gasteiger partial charge in [0.25, 0.3) is 5.91 Å². The van der Waals surface area contributed by atoms with Gasteiger partial charge in [-0.15, -0.1) is 0 Å². The Morgan fingerprint density at radius 1 is 1.19 bits per heavy atom. The molecule has 1 aromatic carbocycles. The zero-order chi connectivity index (χ0) is 18.3. The number of hydrogen-bond donors (Lipinski definition) is 0. The number of nitrogens with zero attached hydrogens (tertiary/aromatic N) is 1. The number of rotatable bonds is 3. The summed E-state index contributed by atoms with van der Waals surface area (Å²) in [5, 5.41) is 0. The van der Waals surface area contributed by atoms with E-state index in [1.165, 1.54) is 4.90 Å². The maximum Gasteiger partial charge on any atom is 0.329 e. The Labute approximate surface area is 150 Å². The lowest BCUT2D eigenvalue weighted by Gasteiger charge is -2.40. The maximum atomic E-state index is 13.0. The Balaban J connectivity index is 1.51. The summed E-state index contributed by atoms with van der Waals surface area (Å²) in [6.45, 7) is 0.108. The minimum absolute atomic E-state index is 0.0927. The number of ketones is 1. The second-order valence-corrected chi connectivity index (χ2v) is 7.03. The third-order valence-electron chi connectivity index (χ3n) is 5.38. The molecule has 26 heavy (non-hydrogen) atoms. The predicted octanol–water partition coefficient (Wildman–Crippen LogP) is 1.14. The van der Waals surface area contributed by atoms with Gasteiger partial charge in [0.15, 0.2) is 11.4 Å². The van der Waals surface area contributed by atoms with E-state index in [1.54, 1.807) is 0 Å². The number of esters is 2. The molecule has 3 aliphatic rings. The molecule has 0 aliphatic carbocycles. The van der Waals surface area contributed by atoms with E-state index in [4.69, 9.17) is 9.47 Å². The van der Waals surface area contributed by atoms with Gasteiger partial charge in [0, 0.05) is 12.8 Å². The minimum Gasteiger partial charge on any atom is -0.459 e. The average Bonchev–Trinajstić information content (AvgIpc) is 3.24. The Kier molecular flexibility index (Phi) is 4.01. The smallest absolute Gasteiger partial charge is 0.329 e. The lowest BCUT2D eigenvalue weighted by Crippen LogP contribution is -2.62. The van der Waals surface area contributed by atoms with Crippen LogP contribution in [0.1, 0.15) is 37.7 Å². The first-order chi connectivity index (χ1) is 12.5. The normalized spacial score (nSPS) is 30.5. The van der Waals surface area contributed by atoms with Crippen LogP contribution in [0.3, 0.4) is 0 Å². The Hall–Kier alpha value is -2.70. The highest BCUT2D eigenvalue weighted by atomic mass is 16.6. The molecule has 3 atom stereocenters.